The van der Waals surface area contributed by atoms with Crippen LogP contribution in [0.3, 0.4) is 0 Å². The number of hydrogen-bond acceptors (Lipinski definition) is 1. The van der Waals surface area contributed by atoms with Crippen LogP contribution in [0, 0.1) is 5.92 Å². The Bertz CT molecular complexity index is 117. The Hall–Kier alpha value is 0.200. The Morgan fingerprint density at radius 2 is 1.83 bits per heavy atom. The molecule has 0 saturated heterocycles. The largest absolute Gasteiger partial charge is 0.369 e. The summed E-state index contributed by atoms with van der Waals surface area (Å²) in [5.41, 5.74) is 5.22. The normalized spacial score (nSPS) is 11.8. The highest BCUT2D eigenvalue weighted by atomic mass is 127. The van der Waals surface area contributed by atoms with E-state index >= 15 is 0 Å². The zero-order chi connectivity index (χ0) is 8.69. The van der Waals surface area contributed by atoms with Crippen molar-refractivity contribution < 1.29 is 4.79 Å². The van der Waals surface area contributed by atoms with Crippen LogP contribution < -0.4 is 5.73 Å². The van der Waals surface area contributed by atoms with E-state index < -0.39 is 0 Å². The molecule has 0 fully saturated rings. The molecular formula is C9H20INO. The molecule has 0 aromatic heterocycles. The van der Waals surface area contributed by atoms with E-state index in [-0.39, 0.29) is 35.8 Å². The number of nitrogens with two attached hydrogens (primary N) is 1. The average molecular weight is 285 g/mol. The monoisotopic (exact) mass is 285 g/mol. The van der Waals surface area contributed by atoms with Crippen molar-refractivity contribution in [1.82, 2.24) is 0 Å². The predicted molar refractivity (Wildman–Crippen MR) is 62.5 cm³/mol. The maximum absolute atomic E-state index is 10.8. The first-order valence-electron chi connectivity index (χ1n) is 4.51. The third kappa shape index (κ3) is 6.88. The number of halogens is 1. The molecule has 0 aromatic rings. The molecule has 0 saturated carbocycles. The summed E-state index contributed by atoms with van der Waals surface area (Å²) in [6.45, 7) is 4.21. The van der Waals surface area contributed by atoms with Crippen molar-refractivity contribution >= 4 is 29.9 Å². The van der Waals surface area contributed by atoms with E-state index in [2.05, 4.69) is 13.8 Å². The first-order valence-corrected chi connectivity index (χ1v) is 4.51. The van der Waals surface area contributed by atoms with Crippen LogP contribution in [0.1, 0.15) is 46.0 Å². The summed E-state index contributed by atoms with van der Waals surface area (Å²) in [6.07, 6.45) is 5.24. The van der Waals surface area contributed by atoms with E-state index in [0.717, 1.165) is 32.1 Å². The summed E-state index contributed by atoms with van der Waals surface area (Å²) < 4.78 is 0. The summed E-state index contributed by atoms with van der Waals surface area (Å²) in [5, 5.41) is 0. The molecule has 1 atom stereocenters. The lowest BCUT2D eigenvalue weighted by molar-refractivity contribution is -0.122. The van der Waals surface area contributed by atoms with Crippen molar-refractivity contribution in [3.05, 3.63) is 0 Å². The molecule has 0 rings (SSSR count). The van der Waals surface area contributed by atoms with Gasteiger partial charge in [0.15, 0.2) is 0 Å². The van der Waals surface area contributed by atoms with E-state index in [1.165, 1.54) is 0 Å². The van der Waals surface area contributed by atoms with Gasteiger partial charge in [-0.1, -0.05) is 33.1 Å². The molecule has 3 heteroatoms. The molecule has 0 aliphatic heterocycles. The molecule has 0 aromatic carbocycles. The topological polar surface area (TPSA) is 43.1 Å². The summed E-state index contributed by atoms with van der Waals surface area (Å²) in [6, 6.07) is 0. The average Bonchev–Trinajstić information content (AvgIpc) is 1.97. The lowest BCUT2D eigenvalue weighted by atomic mass is 9.97. The van der Waals surface area contributed by atoms with E-state index in [9.17, 15) is 4.79 Å². The molecule has 1 unspecified atom stereocenters. The second-order valence-corrected chi connectivity index (χ2v) is 3.03. The molecule has 1 amide bonds. The molecule has 0 bridgehead atoms. The van der Waals surface area contributed by atoms with Gasteiger partial charge in [-0.3, -0.25) is 4.79 Å². The van der Waals surface area contributed by atoms with Crippen molar-refractivity contribution in [1.29, 1.82) is 0 Å². The summed E-state index contributed by atoms with van der Waals surface area (Å²) in [4.78, 5) is 10.8. The number of unbranched alkanes of at least 4 members (excludes halogenated alkanes) is 1. The highest BCUT2D eigenvalue weighted by Gasteiger charge is 2.12. The molecule has 12 heavy (non-hydrogen) atoms. The van der Waals surface area contributed by atoms with Crippen molar-refractivity contribution in [2.45, 2.75) is 46.0 Å². The van der Waals surface area contributed by atoms with E-state index in [1.54, 1.807) is 0 Å². The van der Waals surface area contributed by atoms with Crippen LogP contribution in [0.15, 0.2) is 0 Å². The number of carbonyl (C=O) groups excluding carboxylic acids is 1. The van der Waals surface area contributed by atoms with Crippen LogP contribution in [0.5, 0.6) is 0 Å². The van der Waals surface area contributed by atoms with Crippen LogP contribution in [-0.4, -0.2) is 5.91 Å². The fourth-order valence-corrected chi connectivity index (χ4v) is 1.23. The standard InChI is InChI=1S/C9H19NO.HI/c1-3-5-7-8(6-4-2)9(10)11;/h8H,3-7H2,1-2H3,(H2,10,11);1H. The number of rotatable bonds is 6. The molecular weight excluding hydrogens is 265 g/mol. The van der Waals surface area contributed by atoms with Gasteiger partial charge in [-0.15, -0.1) is 24.0 Å². The highest BCUT2D eigenvalue weighted by Crippen LogP contribution is 2.13. The van der Waals surface area contributed by atoms with Crippen molar-refractivity contribution in [3.8, 4) is 0 Å². The number of carbonyl (C=O) groups is 1. The van der Waals surface area contributed by atoms with Crippen molar-refractivity contribution in [2.75, 3.05) is 0 Å². The van der Waals surface area contributed by atoms with Crippen LogP contribution >= 0.6 is 24.0 Å². The zero-order valence-electron chi connectivity index (χ0n) is 8.01. The lowest BCUT2D eigenvalue weighted by Crippen LogP contribution is -2.22. The second-order valence-electron chi connectivity index (χ2n) is 3.03. The Morgan fingerprint density at radius 3 is 2.17 bits per heavy atom. The molecule has 0 radical (unpaired) electrons. The van der Waals surface area contributed by atoms with E-state index in [4.69, 9.17) is 5.73 Å². The van der Waals surface area contributed by atoms with Gasteiger partial charge in [-0.05, 0) is 12.8 Å². The quantitative estimate of drug-likeness (QED) is 0.749. The van der Waals surface area contributed by atoms with Gasteiger partial charge < -0.3 is 5.73 Å². The lowest BCUT2D eigenvalue weighted by Gasteiger charge is -2.10. The molecule has 0 spiro atoms. The van der Waals surface area contributed by atoms with Gasteiger partial charge >= 0.3 is 0 Å². The molecule has 0 heterocycles. The van der Waals surface area contributed by atoms with Gasteiger partial charge in [-0.25, -0.2) is 0 Å². The van der Waals surface area contributed by atoms with Gasteiger partial charge in [0.05, 0.1) is 0 Å². The Morgan fingerprint density at radius 1 is 1.25 bits per heavy atom. The van der Waals surface area contributed by atoms with Gasteiger partial charge in [-0.2, -0.15) is 0 Å². The predicted octanol–water partition coefficient (Wildman–Crippen LogP) is 2.70. The minimum Gasteiger partial charge on any atom is -0.369 e. The van der Waals surface area contributed by atoms with Crippen LogP contribution in [0.2, 0.25) is 0 Å². The van der Waals surface area contributed by atoms with Gasteiger partial charge in [0.2, 0.25) is 5.91 Å². The van der Waals surface area contributed by atoms with E-state index in [0.29, 0.717) is 0 Å². The maximum atomic E-state index is 10.8. The Labute approximate surface area is 92.3 Å². The van der Waals surface area contributed by atoms with Crippen LogP contribution in [-0.2, 0) is 4.79 Å². The minimum absolute atomic E-state index is 0. The molecule has 74 valence electrons. The highest BCUT2D eigenvalue weighted by molar-refractivity contribution is 14.0. The molecule has 0 aliphatic carbocycles. The Balaban J connectivity index is 0. The summed E-state index contributed by atoms with van der Waals surface area (Å²) in [5.74, 6) is 0.000231. The molecule has 2 nitrogen and oxygen atoms in total. The SMILES string of the molecule is CCCCC(CCC)C(N)=O.I. The zero-order valence-corrected chi connectivity index (χ0v) is 10.3. The fourth-order valence-electron chi connectivity index (χ4n) is 1.23. The first kappa shape index (κ1) is 14.7. The third-order valence-electron chi connectivity index (χ3n) is 1.95. The van der Waals surface area contributed by atoms with Gasteiger partial charge in [0, 0.05) is 5.92 Å². The first-order chi connectivity index (χ1) is 5.22. The van der Waals surface area contributed by atoms with Gasteiger partial charge in [0.1, 0.15) is 0 Å². The second kappa shape index (κ2) is 9.29. The van der Waals surface area contributed by atoms with Crippen LogP contribution in [0.25, 0.3) is 0 Å². The number of amides is 1. The van der Waals surface area contributed by atoms with Crippen molar-refractivity contribution in [2.24, 2.45) is 11.7 Å². The van der Waals surface area contributed by atoms with Crippen LogP contribution in [0.4, 0.5) is 0 Å². The Kier molecular flexibility index (Phi) is 11.4. The molecule has 2 N–H and O–H groups in total. The molecule has 0 aliphatic rings. The van der Waals surface area contributed by atoms with E-state index in [1.807, 2.05) is 0 Å². The smallest absolute Gasteiger partial charge is 0.220 e. The third-order valence-corrected chi connectivity index (χ3v) is 1.95. The van der Waals surface area contributed by atoms with Gasteiger partial charge in [0.25, 0.3) is 0 Å². The fraction of sp³-hybridized carbons (Fsp3) is 0.889. The van der Waals surface area contributed by atoms with Crippen molar-refractivity contribution in [3.63, 3.8) is 0 Å². The number of hydrogen-bond donors (Lipinski definition) is 1. The maximum Gasteiger partial charge on any atom is 0.220 e. The number of primary amides is 1. The minimum atomic E-state index is -0.125. The summed E-state index contributed by atoms with van der Waals surface area (Å²) >= 11 is 0. The summed E-state index contributed by atoms with van der Waals surface area (Å²) in [7, 11) is 0.